The lowest BCUT2D eigenvalue weighted by molar-refractivity contribution is -0.128. The average molecular weight is 431 g/mol. The maximum Gasteiger partial charge on any atom is 0.265 e. The lowest BCUT2D eigenvalue weighted by Gasteiger charge is -2.27. The molecule has 5 nitrogen and oxygen atoms in total. The van der Waals surface area contributed by atoms with Crippen molar-refractivity contribution in [1.29, 1.82) is 0 Å². The summed E-state index contributed by atoms with van der Waals surface area (Å²) < 4.78 is 19.7. The number of carbonyl (C=O) groups excluding carboxylic acids is 2. The van der Waals surface area contributed by atoms with Crippen LogP contribution in [0.2, 0.25) is 5.02 Å². The summed E-state index contributed by atoms with van der Waals surface area (Å²) in [5.41, 5.74) is 0.593. The second-order valence-electron chi connectivity index (χ2n) is 6.05. The molecule has 8 heteroatoms. The molecule has 0 aliphatic carbocycles. The van der Waals surface area contributed by atoms with E-state index in [9.17, 15) is 14.0 Å². The van der Waals surface area contributed by atoms with Crippen molar-refractivity contribution in [2.24, 2.45) is 0 Å². The number of ether oxygens (including phenoxy) is 1. The Morgan fingerprint density at radius 1 is 1.21 bits per heavy atom. The highest BCUT2D eigenvalue weighted by Gasteiger charge is 2.32. The number of para-hydroxylation sites is 1. The molecule has 0 spiro atoms. The van der Waals surface area contributed by atoms with Gasteiger partial charge in [-0.3, -0.25) is 19.8 Å². The first-order chi connectivity index (χ1) is 13.9. The monoisotopic (exact) mass is 430 g/mol. The van der Waals surface area contributed by atoms with Gasteiger partial charge in [-0.2, -0.15) is 0 Å². The number of thiocarbonyl (C=S) groups is 1. The molecule has 2 aromatic rings. The van der Waals surface area contributed by atoms with Crippen LogP contribution in [0.5, 0.6) is 5.75 Å². The Bertz CT molecular complexity index is 1020. The van der Waals surface area contributed by atoms with Crippen LogP contribution in [0.1, 0.15) is 11.1 Å². The van der Waals surface area contributed by atoms with Gasteiger partial charge in [0.2, 0.25) is 0 Å². The van der Waals surface area contributed by atoms with Crippen molar-refractivity contribution in [1.82, 2.24) is 10.2 Å². The normalized spacial score (nSPS) is 15.4. The highest BCUT2D eigenvalue weighted by Crippen LogP contribution is 2.26. The lowest BCUT2D eigenvalue weighted by Crippen LogP contribution is -2.53. The van der Waals surface area contributed by atoms with Crippen LogP contribution in [0.4, 0.5) is 4.39 Å². The van der Waals surface area contributed by atoms with Gasteiger partial charge in [-0.05, 0) is 36.5 Å². The van der Waals surface area contributed by atoms with E-state index in [1.165, 1.54) is 29.2 Å². The lowest BCUT2D eigenvalue weighted by atomic mass is 10.1. The number of hydrogen-bond acceptors (Lipinski definition) is 4. The Labute approximate surface area is 177 Å². The van der Waals surface area contributed by atoms with E-state index < -0.39 is 17.6 Å². The van der Waals surface area contributed by atoms with Crippen LogP contribution >= 0.6 is 23.8 Å². The molecule has 1 saturated heterocycles. The van der Waals surface area contributed by atoms with Crippen molar-refractivity contribution >= 4 is 46.8 Å². The number of nitrogens with zero attached hydrogens (tertiary/aromatic N) is 1. The largest absolute Gasteiger partial charge is 0.488 e. The number of amides is 2. The van der Waals surface area contributed by atoms with E-state index in [0.29, 0.717) is 11.3 Å². The van der Waals surface area contributed by atoms with Gasteiger partial charge in [0.25, 0.3) is 11.8 Å². The minimum Gasteiger partial charge on any atom is -0.488 e. The molecule has 2 amide bonds. The second kappa shape index (κ2) is 8.98. The summed E-state index contributed by atoms with van der Waals surface area (Å²) in [5, 5.41) is 2.75. The van der Waals surface area contributed by atoms with E-state index in [4.69, 9.17) is 28.6 Å². The molecule has 1 N–H and O–H groups in total. The molecule has 29 heavy (non-hydrogen) atoms. The Kier molecular flexibility index (Phi) is 6.41. The van der Waals surface area contributed by atoms with Gasteiger partial charge in [0.05, 0.1) is 5.02 Å². The van der Waals surface area contributed by atoms with Gasteiger partial charge in [-0.15, -0.1) is 6.58 Å². The molecular formula is C21H16ClFN2O3S. The van der Waals surface area contributed by atoms with E-state index in [1.807, 2.05) is 0 Å². The van der Waals surface area contributed by atoms with E-state index in [2.05, 4.69) is 11.9 Å². The van der Waals surface area contributed by atoms with Crippen molar-refractivity contribution < 1.29 is 18.7 Å². The molecule has 148 valence electrons. The fourth-order valence-corrected chi connectivity index (χ4v) is 3.16. The maximum absolute atomic E-state index is 14.0. The van der Waals surface area contributed by atoms with E-state index in [-0.39, 0.29) is 34.4 Å². The standard InChI is InChI=1S/C21H16ClFN2O3S/c1-2-10-25-20(27)14(19(26)24-21(25)29)11-13-6-3-4-9-18(13)28-12-15-16(22)7-5-8-17(15)23/h2-9,11H,1,10,12H2,(H,24,26,29)/b14-11+. The summed E-state index contributed by atoms with van der Waals surface area (Å²) in [4.78, 5) is 26.2. The molecule has 1 heterocycles. The second-order valence-corrected chi connectivity index (χ2v) is 6.84. The van der Waals surface area contributed by atoms with Crippen LogP contribution < -0.4 is 10.1 Å². The molecule has 1 aliphatic rings. The van der Waals surface area contributed by atoms with Crippen LogP contribution in [-0.2, 0) is 16.2 Å². The summed E-state index contributed by atoms with van der Waals surface area (Å²) in [5.74, 6) is -1.26. The first-order valence-electron chi connectivity index (χ1n) is 8.57. The third-order valence-electron chi connectivity index (χ3n) is 4.15. The molecular weight excluding hydrogens is 415 g/mol. The molecule has 0 aromatic heterocycles. The summed E-state index contributed by atoms with van der Waals surface area (Å²) in [6, 6.07) is 11.1. The first kappa shape index (κ1) is 20.7. The van der Waals surface area contributed by atoms with E-state index in [1.54, 1.807) is 30.3 Å². The third-order valence-corrected chi connectivity index (χ3v) is 4.83. The Morgan fingerprint density at radius 2 is 1.97 bits per heavy atom. The number of hydrogen-bond donors (Lipinski definition) is 1. The predicted octanol–water partition coefficient (Wildman–Crippen LogP) is 3.87. The molecule has 0 saturated carbocycles. The molecule has 0 atom stereocenters. The Hall–Kier alpha value is -3.03. The summed E-state index contributed by atoms with van der Waals surface area (Å²) in [7, 11) is 0. The van der Waals surface area contributed by atoms with Crippen LogP contribution in [0, 0.1) is 5.82 Å². The van der Waals surface area contributed by atoms with Crippen molar-refractivity contribution in [3.05, 3.63) is 82.7 Å². The maximum atomic E-state index is 14.0. The Balaban J connectivity index is 1.90. The number of halogens is 2. The topological polar surface area (TPSA) is 58.6 Å². The average Bonchev–Trinajstić information content (AvgIpc) is 2.69. The zero-order valence-electron chi connectivity index (χ0n) is 15.2. The quantitative estimate of drug-likeness (QED) is 0.327. The third kappa shape index (κ3) is 4.52. The number of rotatable bonds is 6. The SMILES string of the molecule is C=CCN1C(=O)/C(=C/c2ccccc2OCc2c(F)cccc2Cl)C(=O)NC1=S. The fraction of sp³-hybridized carbons (Fsp3) is 0.0952. The van der Waals surface area contributed by atoms with Gasteiger partial charge in [-0.25, -0.2) is 4.39 Å². The minimum atomic E-state index is -0.604. The highest BCUT2D eigenvalue weighted by atomic mass is 35.5. The smallest absolute Gasteiger partial charge is 0.265 e. The first-order valence-corrected chi connectivity index (χ1v) is 9.35. The molecule has 0 bridgehead atoms. The molecule has 2 aromatic carbocycles. The van der Waals surface area contributed by atoms with Crippen molar-refractivity contribution in [2.45, 2.75) is 6.61 Å². The van der Waals surface area contributed by atoms with Gasteiger partial charge in [0.15, 0.2) is 5.11 Å². The zero-order chi connectivity index (χ0) is 21.0. The van der Waals surface area contributed by atoms with Gasteiger partial charge in [-0.1, -0.05) is 41.9 Å². The van der Waals surface area contributed by atoms with Gasteiger partial charge < -0.3 is 4.74 Å². The number of benzene rings is 2. The van der Waals surface area contributed by atoms with E-state index >= 15 is 0 Å². The van der Waals surface area contributed by atoms with Crippen LogP contribution in [0.3, 0.4) is 0 Å². The van der Waals surface area contributed by atoms with Crippen LogP contribution in [0.15, 0.2) is 60.7 Å². The zero-order valence-corrected chi connectivity index (χ0v) is 16.7. The fourth-order valence-electron chi connectivity index (χ4n) is 2.70. The van der Waals surface area contributed by atoms with Crippen LogP contribution in [0.25, 0.3) is 6.08 Å². The highest BCUT2D eigenvalue weighted by molar-refractivity contribution is 7.80. The summed E-state index contributed by atoms with van der Waals surface area (Å²) in [6.45, 7) is 3.64. The molecule has 0 unspecified atom stereocenters. The summed E-state index contributed by atoms with van der Waals surface area (Å²) >= 11 is 11.1. The van der Waals surface area contributed by atoms with Gasteiger partial charge in [0.1, 0.15) is 23.7 Å². The van der Waals surface area contributed by atoms with E-state index in [0.717, 1.165) is 0 Å². The van der Waals surface area contributed by atoms with Crippen molar-refractivity contribution in [2.75, 3.05) is 6.54 Å². The summed E-state index contributed by atoms with van der Waals surface area (Å²) in [6.07, 6.45) is 2.92. The Morgan fingerprint density at radius 3 is 2.69 bits per heavy atom. The number of carbonyl (C=O) groups is 2. The van der Waals surface area contributed by atoms with Crippen LogP contribution in [-0.4, -0.2) is 28.4 Å². The molecule has 1 aliphatic heterocycles. The van der Waals surface area contributed by atoms with Gasteiger partial charge >= 0.3 is 0 Å². The molecule has 3 rings (SSSR count). The van der Waals surface area contributed by atoms with Crippen molar-refractivity contribution in [3.8, 4) is 5.75 Å². The molecule has 0 radical (unpaired) electrons. The minimum absolute atomic E-state index is 0.0239. The van der Waals surface area contributed by atoms with Crippen molar-refractivity contribution in [3.63, 3.8) is 0 Å². The number of nitrogens with one attached hydrogen (secondary N) is 1. The predicted molar refractivity (Wildman–Crippen MR) is 113 cm³/mol. The molecule has 1 fully saturated rings. The van der Waals surface area contributed by atoms with Gasteiger partial charge in [0, 0.05) is 17.7 Å².